The lowest BCUT2D eigenvalue weighted by molar-refractivity contribution is -0.146. The third-order valence-electron chi connectivity index (χ3n) is 5.08. The van der Waals surface area contributed by atoms with E-state index in [0.29, 0.717) is 18.4 Å². The second kappa shape index (κ2) is 7.45. The maximum Gasteiger partial charge on any atom is 0.308 e. The van der Waals surface area contributed by atoms with Gasteiger partial charge in [-0.15, -0.1) is 0 Å². The Morgan fingerprint density at radius 2 is 1.86 bits per heavy atom. The molecule has 28 heavy (non-hydrogen) atoms. The molecule has 0 radical (unpaired) electrons. The van der Waals surface area contributed by atoms with Crippen molar-refractivity contribution in [3.8, 4) is 0 Å². The number of benzene rings is 1. The van der Waals surface area contributed by atoms with Crippen LogP contribution in [0.2, 0.25) is 0 Å². The summed E-state index contributed by atoms with van der Waals surface area (Å²) in [7, 11) is -6.21. The van der Waals surface area contributed by atoms with E-state index >= 15 is 0 Å². The molecule has 0 saturated carbocycles. The lowest BCUT2D eigenvalue weighted by Crippen LogP contribution is -2.40. The zero-order chi connectivity index (χ0) is 20.7. The minimum absolute atomic E-state index is 0.0526. The number of ether oxygens (including phenoxy) is 1. The number of methoxy groups -OCH3 is 1. The Morgan fingerprint density at radius 3 is 2.36 bits per heavy atom. The molecule has 9 nitrogen and oxygen atoms in total. The lowest BCUT2D eigenvalue weighted by atomic mass is 9.99. The van der Waals surface area contributed by atoms with Crippen molar-refractivity contribution in [2.75, 3.05) is 30.3 Å². The summed E-state index contributed by atoms with van der Waals surface area (Å²) >= 11 is 0. The van der Waals surface area contributed by atoms with Crippen LogP contribution >= 0.6 is 0 Å². The molecule has 0 N–H and O–H groups in total. The van der Waals surface area contributed by atoms with Crippen LogP contribution in [0.25, 0.3) is 0 Å². The number of esters is 1. The van der Waals surface area contributed by atoms with Crippen molar-refractivity contribution in [3.63, 3.8) is 0 Å². The van der Waals surface area contributed by atoms with Crippen molar-refractivity contribution in [1.29, 1.82) is 0 Å². The predicted molar refractivity (Wildman–Crippen MR) is 101 cm³/mol. The average molecular weight is 431 g/mol. The minimum Gasteiger partial charge on any atom is -0.469 e. The van der Waals surface area contributed by atoms with Crippen LogP contribution in [0.4, 0.5) is 5.69 Å². The number of rotatable bonds is 4. The van der Waals surface area contributed by atoms with Gasteiger partial charge in [0.05, 0.1) is 29.4 Å². The van der Waals surface area contributed by atoms with Gasteiger partial charge >= 0.3 is 5.97 Å². The number of amides is 1. The molecule has 0 bridgehead atoms. The predicted octanol–water partition coefficient (Wildman–Crippen LogP) is 0.635. The normalized spacial score (nSPS) is 21.1. The molecule has 0 aliphatic carbocycles. The van der Waals surface area contributed by atoms with Crippen LogP contribution in [0.5, 0.6) is 0 Å². The zero-order valence-corrected chi connectivity index (χ0v) is 17.3. The van der Waals surface area contributed by atoms with Gasteiger partial charge in [0.2, 0.25) is 26.0 Å². The van der Waals surface area contributed by atoms with Gasteiger partial charge in [-0.1, -0.05) is 0 Å². The second-order valence-corrected chi connectivity index (χ2v) is 10.7. The quantitative estimate of drug-likeness (QED) is 0.643. The van der Waals surface area contributed by atoms with E-state index in [-0.39, 0.29) is 47.7 Å². The first-order valence-corrected chi connectivity index (χ1v) is 11.9. The summed E-state index contributed by atoms with van der Waals surface area (Å²) in [4.78, 5) is 23.6. The molecule has 2 aliphatic rings. The molecular formula is C17H22N2O7S2. The molecule has 3 rings (SSSR count). The van der Waals surface area contributed by atoms with Crippen LogP contribution in [-0.4, -0.2) is 59.0 Å². The highest BCUT2D eigenvalue weighted by Gasteiger charge is 2.37. The molecule has 154 valence electrons. The fourth-order valence-electron chi connectivity index (χ4n) is 3.56. The molecule has 2 fully saturated rings. The molecule has 1 aromatic carbocycles. The third kappa shape index (κ3) is 3.65. The maximum absolute atomic E-state index is 13.0. The standard InChI is InChI=1S/C17H22N2O7S2/c1-12-11-14(19-16(20)7-10-27(19,22)23)3-4-15(12)28(24,25)18-8-5-13(6-9-18)17(21)26-2/h3-4,11,13H,5-10H2,1-2H3. The van der Waals surface area contributed by atoms with Gasteiger partial charge in [0.25, 0.3) is 0 Å². The summed E-state index contributed by atoms with van der Waals surface area (Å²) in [5.41, 5.74) is 0.492. The molecule has 11 heteroatoms. The van der Waals surface area contributed by atoms with Gasteiger partial charge in [-0.25, -0.2) is 21.1 Å². The van der Waals surface area contributed by atoms with E-state index in [1.807, 2.05) is 0 Å². The molecule has 2 saturated heterocycles. The second-order valence-electron chi connectivity index (χ2n) is 6.88. The van der Waals surface area contributed by atoms with Crippen molar-refractivity contribution in [3.05, 3.63) is 23.8 Å². The molecule has 1 amide bonds. The Labute approximate surface area is 164 Å². The first-order valence-electron chi connectivity index (χ1n) is 8.82. The first kappa shape index (κ1) is 20.7. The molecule has 0 unspecified atom stereocenters. The summed E-state index contributed by atoms with van der Waals surface area (Å²) in [5, 5.41) is 0. The smallest absolute Gasteiger partial charge is 0.308 e. The minimum atomic E-state index is -3.80. The molecule has 0 spiro atoms. The molecule has 2 heterocycles. The molecular weight excluding hydrogens is 408 g/mol. The van der Waals surface area contributed by atoms with Crippen LogP contribution < -0.4 is 4.31 Å². The number of anilines is 1. The Balaban J connectivity index is 1.84. The lowest BCUT2D eigenvalue weighted by Gasteiger charge is -2.30. The Hall–Kier alpha value is -1.98. The van der Waals surface area contributed by atoms with Crippen molar-refractivity contribution >= 4 is 37.6 Å². The topological polar surface area (TPSA) is 118 Å². The third-order valence-corrected chi connectivity index (χ3v) is 8.83. The number of hydrogen-bond acceptors (Lipinski definition) is 7. The van der Waals surface area contributed by atoms with Gasteiger partial charge in [0, 0.05) is 19.5 Å². The van der Waals surface area contributed by atoms with E-state index in [1.165, 1.54) is 29.6 Å². The van der Waals surface area contributed by atoms with Crippen molar-refractivity contribution in [2.45, 2.75) is 31.1 Å². The monoisotopic (exact) mass is 430 g/mol. The fourth-order valence-corrected chi connectivity index (χ4v) is 6.68. The van der Waals surface area contributed by atoms with Crippen molar-refractivity contribution < 1.29 is 31.2 Å². The summed E-state index contributed by atoms with van der Waals surface area (Å²) in [6, 6.07) is 4.06. The van der Waals surface area contributed by atoms with Crippen molar-refractivity contribution in [2.24, 2.45) is 5.92 Å². The molecule has 2 aliphatic heterocycles. The summed E-state index contributed by atoms with van der Waals surface area (Å²) in [5.74, 6) is -1.43. The maximum atomic E-state index is 13.0. The summed E-state index contributed by atoms with van der Waals surface area (Å²) in [6.45, 7) is 1.95. The Morgan fingerprint density at radius 1 is 1.21 bits per heavy atom. The number of hydrogen-bond donors (Lipinski definition) is 0. The highest BCUT2D eigenvalue weighted by molar-refractivity contribution is 7.94. The van der Waals surface area contributed by atoms with Gasteiger partial charge in [-0.3, -0.25) is 9.59 Å². The van der Waals surface area contributed by atoms with Gasteiger partial charge in [-0.05, 0) is 43.5 Å². The van der Waals surface area contributed by atoms with E-state index in [0.717, 1.165) is 4.31 Å². The largest absolute Gasteiger partial charge is 0.469 e. The van der Waals surface area contributed by atoms with Crippen LogP contribution in [0.3, 0.4) is 0 Å². The summed E-state index contributed by atoms with van der Waals surface area (Å²) in [6.07, 6.45) is 0.670. The van der Waals surface area contributed by atoms with Crippen LogP contribution in [0.1, 0.15) is 24.8 Å². The summed E-state index contributed by atoms with van der Waals surface area (Å²) < 4.78 is 56.9. The van der Waals surface area contributed by atoms with Gasteiger partial charge < -0.3 is 4.74 Å². The van der Waals surface area contributed by atoms with Gasteiger partial charge in [0.1, 0.15) is 0 Å². The molecule has 0 atom stereocenters. The van der Waals surface area contributed by atoms with Crippen molar-refractivity contribution in [1.82, 2.24) is 4.31 Å². The Bertz CT molecular complexity index is 1010. The fraction of sp³-hybridized carbons (Fsp3) is 0.529. The van der Waals surface area contributed by atoms with Gasteiger partial charge in [0.15, 0.2) is 0 Å². The number of aryl methyl sites for hydroxylation is 1. The molecule has 0 aromatic heterocycles. The number of carbonyl (C=O) groups is 2. The average Bonchev–Trinajstić information content (AvgIpc) is 2.93. The van der Waals surface area contributed by atoms with E-state index in [2.05, 4.69) is 0 Å². The van der Waals surface area contributed by atoms with E-state index < -0.39 is 26.0 Å². The first-order chi connectivity index (χ1) is 13.1. The number of piperidine rings is 1. The number of carbonyl (C=O) groups excluding carboxylic acids is 2. The van der Waals surface area contributed by atoms with E-state index in [1.54, 1.807) is 6.92 Å². The number of sulfonamides is 2. The van der Waals surface area contributed by atoms with Crippen LogP contribution in [-0.2, 0) is 34.4 Å². The zero-order valence-electron chi connectivity index (χ0n) is 15.6. The van der Waals surface area contributed by atoms with E-state index in [4.69, 9.17) is 4.74 Å². The molecule has 1 aromatic rings. The van der Waals surface area contributed by atoms with Crippen LogP contribution in [0, 0.1) is 12.8 Å². The number of nitrogens with zero attached hydrogens (tertiary/aromatic N) is 2. The van der Waals surface area contributed by atoms with Crippen LogP contribution in [0.15, 0.2) is 23.1 Å². The Kier molecular flexibility index (Phi) is 5.52. The van der Waals surface area contributed by atoms with Gasteiger partial charge in [-0.2, -0.15) is 4.31 Å². The van der Waals surface area contributed by atoms with E-state index in [9.17, 15) is 26.4 Å². The highest BCUT2D eigenvalue weighted by atomic mass is 32.2. The SMILES string of the molecule is COC(=O)C1CCN(S(=O)(=O)c2ccc(N3C(=O)CCS3(=O)=O)cc2C)CC1. The highest BCUT2D eigenvalue weighted by Crippen LogP contribution is 2.31.